The smallest absolute Gasteiger partial charge is 0.0635 e. The van der Waals surface area contributed by atoms with E-state index in [1.54, 1.807) is 11.3 Å². The quantitative estimate of drug-likeness (QED) is 0.829. The second-order valence-electron chi connectivity index (χ2n) is 4.93. The van der Waals surface area contributed by atoms with Gasteiger partial charge in [-0.25, -0.2) is 0 Å². The number of halogens is 1. The molecule has 1 aromatic carbocycles. The van der Waals surface area contributed by atoms with Crippen LogP contribution >= 0.6 is 22.9 Å². The van der Waals surface area contributed by atoms with Gasteiger partial charge in [0, 0.05) is 24.0 Å². The van der Waals surface area contributed by atoms with E-state index in [1.165, 1.54) is 10.4 Å². The third kappa shape index (κ3) is 3.96. The van der Waals surface area contributed by atoms with E-state index in [0.29, 0.717) is 16.8 Å². The first-order valence-corrected chi connectivity index (χ1v) is 7.62. The highest BCUT2D eigenvalue weighted by atomic mass is 35.5. The number of nitrogen functional groups attached to an aromatic ring is 1. The molecule has 0 atom stereocenters. The molecule has 0 aliphatic heterocycles. The molecular weight excluding hydrogens is 276 g/mol. The van der Waals surface area contributed by atoms with E-state index in [4.69, 9.17) is 17.3 Å². The molecule has 2 nitrogen and oxygen atoms in total. The molecule has 0 radical (unpaired) electrons. The summed E-state index contributed by atoms with van der Waals surface area (Å²) in [5, 5.41) is 2.74. The summed E-state index contributed by atoms with van der Waals surface area (Å²) in [6, 6.07) is 10.6. The van der Waals surface area contributed by atoms with Gasteiger partial charge in [0.25, 0.3) is 0 Å². The van der Waals surface area contributed by atoms with E-state index >= 15 is 0 Å². The van der Waals surface area contributed by atoms with Gasteiger partial charge in [-0.1, -0.05) is 23.7 Å². The Balaban J connectivity index is 2.09. The minimum atomic E-state index is 0.485. The molecule has 19 heavy (non-hydrogen) atoms. The molecule has 0 aliphatic rings. The highest BCUT2D eigenvalue weighted by molar-refractivity contribution is 7.09. The first-order chi connectivity index (χ1) is 9.06. The number of thiophene rings is 1. The van der Waals surface area contributed by atoms with E-state index in [2.05, 4.69) is 36.3 Å². The van der Waals surface area contributed by atoms with Crippen LogP contribution in [0.5, 0.6) is 0 Å². The highest BCUT2D eigenvalue weighted by Gasteiger charge is 2.12. The highest BCUT2D eigenvalue weighted by Crippen LogP contribution is 2.22. The summed E-state index contributed by atoms with van der Waals surface area (Å²) >= 11 is 7.76. The molecule has 4 heteroatoms. The normalized spacial score (nSPS) is 11.4. The zero-order valence-electron chi connectivity index (χ0n) is 11.3. The number of rotatable bonds is 5. The molecule has 1 heterocycles. The number of nitrogens with zero attached hydrogens (tertiary/aromatic N) is 1. The fourth-order valence-electron chi connectivity index (χ4n) is 1.95. The minimum Gasteiger partial charge on any atom is -0.398 e. The molecule has 0 saturated carbocycles. The lowest BCUT2D eigenvalue weighted by atomic mass is 10.1. The van der Waals surface area contributed by atoms with Gasteiger partial charge in [-0.05, 0) is 43.0 Å². The van der Waals surface area contributed by atoms with Crippen LogP contribution in [0.25, 0.3) is 0 Å². The Morgan fingerprint density at radius 3 is 2.63 bits per heavy atom. The second-order valence-corrected chi connectivity index (χ2v) is 6.37. The molecule has 0 saturated heterocycles. The van der Waals surface area contributed by atoms with E-state index < -0.39 is 0 Å². The van der Waals surface area contributed by atoms with Crippen LogP contribution < -0.4 is 5.73 Å². The van der Waals surface area contributed by atoms with Crippen molar-refractivity contribution in [1.29, 1.82) is 0 Å². The Labute approximate surface area is 123 Å². The lowest BCUT2D eigenvalue weighted by molar-refractivity contribution is 0.205. The average molecular weight is 295 g/mol. The predicted molar refractivity (Wildman–Crippen MR) is 84.6 cm³/mol. The summed E-state index contributed by atoms with van der Waals surface area (Å²) in [4.78, 5) is 3.81. The van der Waals surface area contributed by atoms with Crippen LogP contribution in [0, 0.1) is 0 Å². The lowest BCUT2D eigenvalue weighted by Gasteiger charge is -2.26. The SMILES string of the molecule is CC(C)N(Cc1ccc(Cl)c(N)c1)Cc1cccs1. The van der Waals surface area contributed by atoms with E-state index in [9.17, 15) is 0 Å². The zero-order chi connectivity index (χ0) is 13.8. The van der Waals surface area contributed by atoms with Crippen molar-refractivity contribution in [2.75, 3.05) is 5.73 Å². The molecule has 0 spiro atoms. The van der Waals surface area contributed by atoms with Crippen LogP contribution in [0.3, 0.4) is 0 Å². The third-order valence-electron chi connectivity index (χ3n) is 3.12. The van der Waals surface area contributed by atoms with Gasteiger partial charge in [-0.3, -0.25) is 4.90 Å². The van der Waals surface area contributed by atoms with E-state index in [1.807, 2.05) is 18.2 Å². The lowest BCUT2D eigenvalue weighted by Crippen LogP contribution is -2.29. The minimum absolute atomic E-state index is 0.485. The molecule has 0 amide bonds. The average Bonchev–Trinajstić information content (AvgIpc) is 2.86. The van der Waals surface area contributed by atoms with Crippen molar-refractivity contribution in [1.82, 2.24) is 4.90 Å². The van der Waals surface area contributed by atoms with Gasteiger partial charge in [0.1, 0.15) is 0 Å². The first kappa shape index (κ1) is 14.4. The molecule has 1 aromatic heterocycles. The summed E-state index contributed by atoms with van der Waals surface area (Å²) < 4.78 is 0. The number of hydrogen-bond acceptors (Lipinski definition) is 3. The van der Waals surface area contributed by atoms with E-state index in [-0.39, 0.29) is 0 Å². The van der Waals surface area contributed by atoms with Gasteiger partial charge >= 0.3 is 0 Å². The summed E-state index contributed by atoms with van der Waals surface area (Å²) in [6.07, 6.45) is 0. The van der Waals surface area contributed by atoms with Crippen LogP contribution in [-0.2, 0) is 13.1 Å². The number of anilines is 1. The van der Waals surface area contributed by atoms with Crippen LogP contribution in [0.4, 0.5) is 5.69 Å². The number of benzene rings is 1. The molecule has 2 N–H and O–H groups in total. The number of nitrogens with two attached hydrogens (primary N) is 1. The molecule has 0 unspecified atom stereocenters. The van der Waals surface area contributed by atoms with Crippen molar-refractivity contribution in [3.63, 3.8) is 0 Å². The predicted octanol–water partition coefficient (Wildman–Crippen LogP) is 4.39. The van der Waals surface area contributed by atoms with Crippen molar-refractivity contribution >= 4 is 28.6 Å². The van der Waals surface area contributed by atoms with Crippen LogP contribution in [0.15, 0.2) is 35.7 Å². The third-order valence-corrected chi connectivity index (χ3v) is 4.32. The topological polar surface area (TPSA) is 29.3 Å². The molecule has 0 bridgehead atoms. The Morgan fingerprint density at radius 2 is 2.05 bits per heavy atom. The molecule has 102 valence electrons. The van der Waals surface area contributed by atoms with Crippen molar-refractivity contribution < 1.29 is 0 Å². The molecule has 0 fully saturated rings. The monoisotopic (exact) mass is 294 g/mol. The van der Waals surface area contributed by atoms with Crippen LogP contribution in [-0.4, -0.2) is 10.9 Å². The summed E-state index contributed by atoms with van der Waals surface area (Å²) in [7, 11) is 0. The Bertz CT molecular complexity index is 523. The van der Waals surface area contributed by atoms with Crippen molar-refractivity contribution in [2.45, 2.75) is 33.0 Å². The van der Waals surface area contributed by atoms with Gasteiger partial charge in [0.2, 0.25) is 0 Å². The summed E-state index contributed by atoms with van der Waals surface area (Å²) in [5.41, 5.74) is 7.71. The van der Waals surface area contributed by atoms with E-state index in [0.717, 1.165) is 13.1 Å². The Kier molecular flexibility index (Phi) is 4.86. The standard InChI is InChI=1S/C15H19ClN2S/c1-11(2)18(10-13-4-3-7-19-13)9-12-5-6-14(16)15(17)8-12/h3-8,11H,9-10,17H2,1-2H3. The maximum atomic E-state index is 5.96. The van der Waals surface area contributed by atoms with Crippen LogP contribution in [0.2, 0.25) is 5.02 Å². The number of hydrogen-bond donors (Lipinski definition) is 1. The van der Waals surface area contributed by atoms with Gasteiger partial charge in [-0.15, -0.1) is 11.3 Å². The largest absolute Gasteiger partial charge is 0.398 e. The van der Waals surface area contributed by atoms with Crippen LogP contribution in [0.1, 0.15) is 24.3 Å². The molecule has 2 aromatic rings. The van der Waals surface area contributed by atoms with Crippen molar-refractivity contribution in [3.05, 3.63) is 51.2 Å². The maximum absolute atomic E-state index is 5.96. The zero-order valence-corrected chi connectivity index (χ0v) is 12.8. The first-order valence-electron chi connectivity index (χ1n) is 6.36. The molecule has 2 rings (SSSR count). The maximum Gasteiger partial charge on any atom is 0.0635 e. The van der Waals surface area contributed by atoms with Gasteiger partial charge in [-0.2, -0.15) is 0 Å². The van der Waals surface area contributed by atoms with Crippen molar-refractivity contribution in [3.8, 4) is 0 Å². The fraction of sp³-hybridized carbons (Fsp3) is 0.333. The molecule has 0 aliphatic carbocycles. The van der Waals surface area contributed by atoms with Gasteiger partial charge in [0.05, 0.1) is 10.7 Å². The van der Waals surface area contributed by atoms with Crippen molar-refractivity contribution in [2.24, 2.45) is 0 Å². The Hall–Kier alpha value is -1.03. The fourth-order valence-corrected chi connectivity index (χ4v) is 2.80. The summed E-state index contributed by atoms with van der Waals surface area (Å²) in [6.45, 7) is 6.29. The molecular formula is C15H19ClN2S. The second kappa shape index (κ2) is 6.42. The van der Waals surface area contributed by atoms with Gasteiger partial charge < -0.3 is 5.73 Å². The Morgan fingerprint density at radius 1 is 1.26 bits per heavy atom. The summed E-state index contributed by atoms with van der Waals surface area (Å²) in [5.74, 6) is 0. The van der Waals surface area contributed by atoms with Gasteiger partial charge in [0.15, 0.2) is 0 Å².